The minimum Gasteiger partial charge on any atom is -0.481 e. The zero-order valence-corrected chi connectivity index (χ0v) is 24.5. The Kier molecular flexibility index (Phi) is 8.08. The highest BCUT2D eigenvalue weighted by Gasteiger charge is 2.56. The smallest absolute Gasteiger partial charge is 0.309 e. The average Bonchev–Trinajstić information content (AvgIpc) is 2.84. The minimum absolute atomic E-state index is 0.0712. The van der Waals surface area contributed by atoms with Crippen LogP contribution in [0.5, 0.6) is 0 Å². The van der Waals surface area contributed by atoms with Gasteiger partial charge >= 0.3 is 5.97 Å². The number of aliphatic carboxylic acids is 1. The first-order valence-electron chi connectivity index (χ1n) is 12.8. The highest BCUT2D eigenvalue weighted by Crippen LogP contribution is 2.58. The molecule has 2 aliphatic rings. The van der Waals surface area contributed by atoms with Crippen LogP contribution in [-0.2, 0) is 25.1 Å². The van der Waals surface area contributed by atoms with Gasteiger partial charge in [-0.3, -0.25) is 4.79 Å². The second-order valence-corrected chi connectivity index (χ2v) is 13.6. The monoisotopic (exact) mass is 608 g/mol. The van der Waals surface area contributed by atoms with E-state index in [9.17, 15) is 22.7 Å². The van der Waals surface area contributed by atoms with Crippen LogP contribution in [0.1, 0.15) is 76.0 Å². The number of nitrogens with zero attached hydrogens (tertiary/aromatic N) is 1. The standard InChI is InChI=1S/C28H34BrFN2O5S/c1-17(2)18-14-19-20(15-21(18)29)27(3)10-7-11-28(4,26(33)34)25(27)16-23(19)32-37-13-12-31-38(35,36)24-9-6-5-8-22(24)30/h5-6,8-9,14-15,17,25,31H,7,10-13,16H2,1-4H3,(H,33,34)/b32-23+/t25-,27-,28-/m1/s1. The summed E-state index contributed by atoms with van der Waals surface area (Å²) in [7, 11) is -4.04. The first kappa shape index (κ1) is 28.7. The molecule has 0 amide bonds. The number of rotatable bonds is 8. The van der Waals surface area contributed by atoms with E-state index in [1.54, 1.807) is 0 Å². The molecule has 2 aromatic carbocycles. The molecule has 4 rings (SSSR count). The van der Waals surface area contributed by atoms with E-state index in [2.05, 4.69) is 58.7 Å². The van der Waals surface area contributed by atoms with Gasteiger partial charge in [0.2, 0.25) is 10.0 Å². The Morgan fingerprint density at radius 1 is 1.26 bits per heavy atom. The molecule has 206 valence electrons. The molecule has 10 heteroatoms. The van der Waals surface area contributed by atoms with Crippen molar-refractivity contribution in [3.8, 4) is 0 Å². The number of oxime groups is 1. The normalized spacial score (nSPS) is 26.2. The number of carbonyl (C=O) groups is 1. The number of carboxylic acid groups (broad SMARTS) is 1. The van der Waals surface area contributed by atoms with Crippen LogP contribution in [-0.4, -0.2) is 38.4 Å². The molecule has 2 N–H and O–H groups in total. The molecular formula is C28H34BrFN2O5S. The summed E-state index contributed by atoms with van der Waals surface area (Å²) >= 11 is 3.73. The van der Waals surface area contributed by atoms with Gasteiger partial charge in [0.15, 0.2) is 0 Å². The quantitative estimate of drug-likeness (QED) is 0.284. The third-order valence-electron chi connectivity index (χ3n) is 8.29. The van der Waals surface area contributed by atoms with Crippen LogP contribution < -0.4 is 4.72 Å². The van der Waals surface area contributed by atoms with E-state index in [1.165, 1.54) is 18.2 Å². The fourth-order valence-electron chi connectivity index (χ4n) is 6.12. The summed E-state index contributed by atoms with van der Waals surface area (Å²) in [6.45, 7) is 8.03. The van der Waals surface area contributed by atoms with Crippen molar-refractivity contribution < 1.29 is 27.5 Å². The molecule has 1 fully saturated rings. The number of hydrogen-bond acceptors (Lipinski definition) is 5. The summed E-state index contributed by atoms with van der Waals surface area (Å²) in [5.74, 6) is -1.57. The Bertz CT molecular complexity index is 1380. The molecule has 0 unspecified atom stereocenters. The number of nitrogens with one attached hydrogen (secondary N) is 1. The predicted octanol–water partition coefficient (Wildman–Crippen LogP) is 5.96. The number of hydrogen-bond donors (Lipinski definition) is 2. The SMILES string of the molecule is CC(C)c1cc2c(cc1Br)[C@@]1(C)CCC[C@@](C)(C(=O)O)[C@@H]1C/C2=N\OCCNS(=O)(=O)c1ccccc1F. The number of benzene rings is 2. The first-order valence-corrected chi connectivity index (χ1v) is 15.1. The Morgan fingerprint density at radius 2 is 1.97 bits per heavy atom. The molecular weight excluding hydrogens is 575 g/mol. The van der Waals surface area contributed by atoms with Gasteiger partial charge in [-0.25, -0.2) is 17.5 Å². The Hall–Kier alpha value is -2.30. The van der Waals surface area contributed by atoms with Crippen LogP contribution in [0.25, 0.3) is 0 Å². The van der Waals surface area contributed by atoms with E-state index in [1.807, 2.05) is 6.92 Å². The molecule has 2 aliphatic carbocycles. The topological polar surface area (TPSA) is 105 Å². The lowest BCUT2D eigenvalue weighted by Gasteiger charge is -2.53. The van der Waals surface area contributed by atoms with Crippen molar-refractivity contribution >= 4 is 37.6 Å². The van der Waals surface area contributed by atoms with Gasteiger partial charge in [0.05, 0.1) is 11.1 Å². The van der Waals surface area contributed by atoms with E-state index in [-0.39, 0.29) is 30.4 Å². The third kappa shape index (κ3) is 5.14. The van der Waals surface area contributed by atoms with Crippen LogP contribution in [0, 0.1) is 17.2 Å². The molecule has 0 saturated heterocycles. The highest BCUT2D eigenvalue weighted by molar-refractivity contribution is 9.10. The van der Waals surface area contributed by atoms with Crippen molar-refractivity contribution in [2.45, 2.75) is 69.6 Å². The first-order chi connectivity index (χ1) is 17.8. The summed E-state index contributed by atoms with van der Waals surface area (Å²) in [6.07, 6.45) is 2.73. The second kappa shape index (κ2) is 10.7. The molecule has 2 aromatic rings. The van der Waals surface area contributed by atoms with E-state index >= 15 is 0 Å². The lowest BCUT2D eigenvalue weighted by atomic mass is 9.49. The lowest BCUT2D eigenvalue weighted by molar-refractivity contribution is -0.156. The van der Waals surface area contributed by atoms with Gasteiger partial charge in [-0.05, 0) is 78.8 Å². The Labute approximate surface area is 232 Å². The summed E-state index contributed by atoms with van der Waals surface area (Å²) < 4.78 is 42.1. The van der Waals surface area contributed by atoms with Gasteiger partial charge in [0.25, 0.3) is 0 Å². The van der Waals surface area contributed by atoms with Gasteiger partial charge in [-0.15, -0.1) is 0 Å². The van der Waals surface area contributed by atoms with Crippen molar-refractivity contribution in [1.82, 2.24) is 4.72 Å². The Balaban J connectivity index is 1.62. The van der Waals surface area contributed by atoms with Crippen molar-refractivity contribution in [3.05, 3.63) is 63.4 Å². The molecule has 0 aromatic heterocycles. The molecule has 7 nitrogen and oxygen atoms in total. The maximum absolute atomic E-state index is 13.9. The highest BCUT2D eigenvalue weighted by atomic mass is 79.9. The molecule has 0 radical (unpaired) electrons. The van der Waals surface area contributed by atoms with Crippen molar-refractivity contribution in [2.75, 3.05) is 13.2 Å². The van der Waals surface area contributed by atoms with E-state index in [4.69, 9.17) is 4.84 Å². The van der Waals surface area contributed by atoms with Crippen LogP contribution >= 0.6 is 15.9 Å². The van der Waals surface area contributed by atoms with Crippen molar-refractivity contribution in [2.24, 2.45) is 16.5 Å². The maximum Gasteiger partial charge on any atom is 0.309 e. The van der Waals surface area contributed by atoms with Crippen LogP contribution in [0.4, 0.5) is 4.39 Å². The van der Waals surface area contributed by atoms with E-state index in [0.717, 1.165) is 40.1 Å². The molecule has 3 atom stereocenters. The van der Waals surface area contributed by atoms with Gasteiger partial charge in [0.1, 0.15) is 17.3 Å². The van der Waals surface area contributed by atoms with Gasteiger partial charge < -0.3 is 9.94 Å². The molecule has 0 spiro atoms. The molecule has 1 saturated carbocycles. The maximum atomic E-state index is 13.9. The second-order valence-electron chi connectivity index (χ2n) is 11.0. The van der Waals surface area contributed by atoms with Crippen molar-refractivity contribution in [1.29, 1.82) is 0 Å². The minimum atomic E-state index is -4.04. The summed E-state index contributed by atoms with van der Waals surface area (Å²) in [6, 6.07) is 9.39. The summed E-state index contributed by atoms with van der Waals surface area (Å²) in [5.41, 5.74) is 2.52. The van der Waals surface area contributed by atoms with Crippen molar-refractivity contribution in [3.63, 3.8) is 0 Å². The van der Waals surface area contributed by atoms with Gasteiger partial charge in [-0.1, -0.05) is 60.4 Å². The summed E-state index contributed by atoms with van der Waals surface area (Å²) in [5, 5.41) is 14.6. The average molecular weight is 610 g/mol. The zero-order valence-electron chi connectivity index (χ0n) is 22.1. The fourth-order valence-corrected chi connectivity index (χ4v) is 8.01. The number of fused-ring (bicyclic) bond motifs is 3. The largest absolute Gasteiger partial charge is 0.481 e. The molecule has 0 bridgehead atoms. The third-order valence-corrected chi connectivity index (χ3v) is 10.5. The van der Waals surface area contributed by atoms with E-state index in [0.29, 0.717) is 18.6 Å². The van der Waals surface area contributed by atoms with Crippen LogP contribution in [0.15, 0.2) is 50.9 Å². The zero-order chi connectivity index (χ0) is 27.9. The number of halogens is 2. The Morgan fingerprint density at radius 3 is 2.63 bits per heavy atom. The molecule has 0 aliphatic heterocycles. The van der Waals surface area contributed by atoms with Gasteiger partial charge in [-0.2, -0.15) is 0 Å². The molecule has 0 heterocycles. The predicted molar refractivity (Wildman–Crippen MR) is 147 cm³/mol. The van der Waals surface area contributed by atoms with E-state index < -0.39 is 32.1 Å². The lowest BCUT2D eigenvalue weighted by Crippen LogP contribution is -2.53. The molecule has 38 heavy (non-hydrogen) atoms. The van der Waals surface area contributed by atoms with Crippen LogP contribution in [0.2, 0.25) is 0 Å². The number of carboxylic acids is 1. The van der Waals surface area contributed by atoms with Gasteiger partial charge in [0, 0.05) is 16.6 Å². The fraction of sp³-hybridized carbons (Fsp3) is 0.500. The summed E-state index contributed by atoms with van der Waals surface area (Å²) in [4.78, 5) is 17.6. The van der Waals surface area contributed by atoms with Crippen LogP contribution in [0.3, 0.4) is 0 Å². The number of sulfonamides is 1.